The summed E-state index contributed by atoms with van der Waals surface area (Å²) in [7, 11) is 0. The van der Waals surface area contributed by atoms with Crippen LogP contribution in [0.3, 0.4) is 0 Å². The van der Waals surface area contributed by atoms with E-state index in [1.165, 1.54) is 11.1 Å². The molecule has 4 aromatic rings. The van der Waals surface area contributed by atoms with Crippen molar-refractivity contribution >= 4 is 17.4 Å². The Bertz CT molecular complexity index is 1160. The SMILES string of the molecule is Cc1cccc(Cn2c(C)cc(=O)n3cc(-c4ccc(Cl)cc4)nc23)c1. The van der Waals surface area contributed by atoms with Gasteiger partial charge >= 0.3 is 0 Å². The summed E-state index contributed by atoms with van der Waals surface area (Å²) in [5, 5.41) is 0.674. The molecule has 2 aromatic heterocycles. The maximum absolute atomic E-state index is 12.4. The zero-order valence-corrected chi connectivity index (χ0v) is 15.4. The molecule has 0 spiro atoms. The van der Waals surface area contributed by atoms with Crippen LogP contribution in [-0.4, -0.2) is 14.0 Å². The van der Waals surface area contributed by atoms with Gasteiger partial charge in [0.05, 0.1) is 12.2 Å². The molecule has 0 aliphatic heterocycles. The Labute approximate surface area is 156 Å². The van der Waals surface area contributed by atoms with E-state index in [9.17, 15) is 4.79 Å². The van der Waals surface area contributed by atoms with Gasteiger partial charge in [-0.1, -0.05) is 53.6 Å². The lowest BCUT2D eigenvalue weighted by Crippen LogP contribution is -2.19. The largest absolute Gasteiger partial charge is 0.311 e. The number of hydrogen-bond donors (Lipinski definition) is 0. The molecule has 2 heterocycles. The van der Waals surface area contributed by atoms with Crippen molar-refractivity contribution in [2.45, 2.75) is 20.4 Å². The molecule has 26 heavy (non-hydrogen) atoms. The molecule has 0 aliphatic carbocycles. The lowest BCUT2D eigenvalue weighted by Gasteiger charge is -2.12. The summed E-state index contributed by atoms with van der Waals surface area (Å²) in [5.41, 5.74) is 4.87. The summed E-state index contributed by atoms with van der Waals surface area (Å²) >= 11 is 5.97. The Hall–Kier alpha value is -2.85. The van der Waals surface area contributed by atoms with E-state index in [1.807, 2.05) is 37.3 Å². The van der Waals surface area contributed by atoms with Crippen molar-refractivity contribution in [1.82, 2.24) is 14.0 Å². The van der Waals surface area contributed by atoms with Crippen LogP contribution < -0.4 is 5.56 Å². The van der Waals surface area contributed by atoms with Crippen molar-refractivity contribution in [3.8, 4) is 11.3 Å². The van der Waals surface area contributed by atoms with Gasteiger partial charge in [-0.2, -0.15) is 0 Å². The van der Waals surface area contributed by atoms with Crippen LogP contribution in [0.25, 0.3) is 17.0 Å². The van der Waals surface area contributed by atoms with E-state index in [0.29, 0.717) is 17.3 Å². The molecule has 130 valence electrons. The molecule has 2 aromatic carbocycles. The molecule has 5 heteroatoms. The van der Waals surface area contributed by atoms with Crippen LogP contribution in [-0.2, 0) is 6.54 Å². The molecular weight excluding hydrogens is 346 g/mol. The van der Waals surface area contributed by atoms with Crippen molar-refractivity contribution in [1.29, 1.82) is 0 Å². The number of imidazole rings is 1. The van der Waals surface area contributed by atoms with Gasteiger partial charge in [-0.25, -0.2) is 4.98 Å². The van der Waals surface area contributed by atoms with E-state index in [2.05, 4.69) is 29.7 Å². The summed E-state index contributed by atoms with van der Waals surface area (Å²) in [4.78, 5) is 17.2. The fourth-order valence-electron chi connectivity index (χ4n) is 3.16. The Balaban J connectivity index is 1.87. The Morgan fingerprint density at radius 1 is 1.04 bits per heavy atom. The van der Waals surface area contributed by atoms with E-state index in [1.54, 1.807) is 16.7 Å². The Morgan fingerprint density at radius 2 is 1.81 bits per heavy atom. The molecule has 0 unspecified atom stereocenters. The Kier molecular flexibility index (Phi) is 4.13. The van der Waals surface area contributed by atoms with Gasteiger partial charge in [-0.3, -0.25) is 9.20 Å². The predicted molar refractivity (Wildman–Crippen MR) is 105 cm³/mol. The minimum Gasteiger partial charge on any atom is -0.311 e. The fourth-order valence-corrected chi connectivity index (χ4v) is 3.28. The molecule has 4 nitrogen and oxygen atoms in total. The lowest BCUT2D eigenvalue weighted by molar-refractivity contribution is 0.748. The Morgan fingerprint density at radius 3 is 2.54 bits per heavy atom. The van der Waals surface area contributed by atoms with E-state index in [0.717, 1.165) is 17.0 Å². The maximum Gasteiger partial charge on any atom is 0.259 e. The van der Waals surface area contributed by atoms with Crippen molar-refractivity contribution in [3.63, 3.8) is 0 Å². The van der Waals surface area contributed by atoms with E-state index < -0.39 is 0 Å². The number of hydrogen-bond acceptors (Lipinski definition) is 2. The van der Waals surface area contributed by atoms with Crippen LogP contribution >= 0.6 is 11.6 Å². The van der Waals surface area contributed by atoms with Crippen LogP contribution in [0.2, 0.25) is 5.02 Å². The van der Waals surface area contributed by atoms with Gasteiger partial charge in [-0.15, -0.1) is 0 Å². The van der Waals surface area contributed by atoms with Gasteiger partial charge in [0.1, 0.15) is 0 Å². The van der Waals surface area contributed by atoms with Crippen molar-refractivity contribution in [2.75, 3.05) is 0 Å². The van der Waals surface area contributed by atoms with Crippen molar-refractivity contribution in [3.05, 3.63) is 93.0 Å². The smallest absolute Gasteiger partial charge is 0.259 e. The van der Waals surface area contributed by atoms with E-state index in [4.69, 9.17) is 16.6 Å². The molecule has 0 saturated heterocycles. The number of aryl methyl sites for hydroxylation is 2. The van der Waals surface area contributed by atoms with E-state index >= 15 is 0 Å². The molecular formula is C21H18ClN3O. The number of nitrogens with zero attached hydrogens (tertiary/aromatic N) is 3. The zero-order valence-electron chi connectivity index (χ0n) is 14.6. The van der Waals surface area contributed by atoms with Crippen LogP contribution in [0, 0.1) is 13.8 Å². The molecule has 0 amide bonds. The number of halogens is 1. The topological polar surface area (TPSA) is 39.3 Å². The standard InChI is InChI=1S/C21H18ClN3O/c1-14-4-3-5-16(10-14)12-24-15(2)11-20(26)25-13-19(23-21(24)25)17-6-8-18(22)9-7-17/h3-11,13H,12H2,1-2H3. The third kappa shape index (κ3) is 3.04. The summed E-state index contributed by atoms with van der Waals surface area (Å²) < 4.78 is 3.67. The molecule has 0 atom stereocenters. The lowest BCUT2D eigenvalue weighted by atomic mass is 10.1. The van der Waals surface area contributed by atoms with E-state index in [-0.39, 0.29) is 5.56 Å². The fraction of sp³-hybridized carbons (Fsp3) is 0.143. The molecule has 0 radical (unpaired) electrons. The second-order valence-corrected chi connectivity index (χ2v) is 6.94. The maximum atomic E-state index is 12.4. The molecule has 0 saturated carbocycles. The summed E-state index contributed by atoms with van der Waals surface area (Å²) in [5.74, 6) is 0.640. The highest BCUT2D eigenvalue weighted by atomic mass is 35.5. The first kappa shape index (κ1) is 16.6. The third-order valence-corrected chi connectivity index (χ3v) is 4.74. The molecule has 0 bridgehead atoms. The van der Waals surface area contributed by atoms with Crippen molar-refractivity contribution < 1.29 is 0 Å². The first-order valence-corrected chi connectivity index (χ1v) is 8.80. The average molecular weight is 364 g/mol. The van der Waals surface area contributed by atoms with Gasteiger partial charge in [0.25, 0.3) is 5.56 Å². The molecule has 0 fully saturated rings. The van der Waals surface area contributed by atoms with Crippen LogP contribution in [0.1, 0.15) is 16.8 Å². The van der Waals surface area contributed by atoms with Gasteiger partial charge in [0, 0.05) is 28.5 Å². The van der Waals surface area contributed by atoms with Crippen molar-refractivity contribution in [2.24, 2.45) is 0 Å². The average Bonchev–Trinajstić information content (AvgIpc) is 3.05. The van der Waals surface area contributed by atoms with Gasteiger partial charge in [0.2, 0.25) is 5.78 Å². The molecule has 0 aliphatic rings. The minimum absolute atomic E-state index is 0.0781. The quantitative estimate of drug-likeness (QED) is 0.538. The first-order valence-electron chi connectivity index (χ1n) is 8.42. The summed E-state index contributed by atoms with van der Waals surface area (Å²) in [6.07, 6.45) is 1.78. The number of benzene rings is 2. The summed E-state index contributed by atoms with van der Waals surface area (Å²) in [6, 6.07) is 17.5. The van der Waals surface area contributed by atoms with Crippen LogP contribution in [0.4, 0.5) is 0 Å². The highest BCUT2D eigenvalue weighted by Crippen LogP contribution is 2.21. The number of fused-ring (bicyclic) bond motifs is 1. The van der Waals surface area contributed by atoms with Gasteiger partial charge in [-0.05, 0) is 31.5 Å². The molecule has 0 N–H and O–H groups in total. The molecule has 4 rings (SSSR count). The monoisotopic (exact) mass is 363 g/mol. The van der Waals surface area contributed by atoms with Crippen LogP contribution in [0.15, 0.2) is 65.6 Å². The first-order chi connectivity index (χ1) is 12.5. The zero-order chi connectivity index (χ0) is 18.3. The highest BCUT2D eigenvalue weighted by molar-refractivity contribution is 6.30. The normalized spacial score (nSPS) is 11.2. The number of rotatable bonds is 3. The minimum atomic E-state index is -0.0781. The van der Waals surface area contributed by atoms with Crippen LogP contribution in [0.5, 0.6) is 0 Å². The summed E-state index contributed by atoms with van der Waals surface area (Å²) in [6.45, 7) is 4.67. The second kappa shape index (κ2) is 6.46. The second-order valence-electron chi connectivity index (χ2n) is 6.50. The third-order valence-electron chi connectivity index (χ3n) is 4.49. The highest BCUT2D eigenvalue weighted by Gasteiger charge is 2.12. The van der Waals surface area contributed by atoms with Gasteiger partial charge < -0.3 is 4.57 Å². The number of aromatic nitrogens is 3. The van der Waals surface area contributed by atoms with Gasteiger partial charge in [0.15, 0.2) is 0 Å². The predicted octanol–water partition coefficient (Wildman–Crippen LogP) is 4.48.